The molecule has 0 fully saturated rings. The number of hydrogen-bond donors (Lipinski definition) is 0. The van der Waals surface area contributed by atoms with Crippen LogP contribution in [0.3, 0.4) is 0 Å². The summed E-state index contributed by atoms with van der Waals surface area (Å²) < 4.78 is 0. The summed E-state index contributed by atoms with van der Waals surface area (Å²) in [5.41, 5.74) is 0. The fraction of sp³-hybridized carbons (Fsp3) is 0.900. The molecule has 0 amide bonds. The summed E-state index contributed by atoms with van der Waals surface area (Å²) in [5.74, 6) is -1.08. The van der Waals surface area contributed by atoms with E-state index >= 15 is 0 Å². The predicted molar refractivity (Wildman–Crippen MR) is 49.7 cm³/mol. The molecule has 0 radical (unpaired) electrons. The van der Waals surface area contributed by atoms with Gasteiger partial charge in [-0.05, 0) is 6.92 Å². The summed E-state index contributed by atoms with van der Waals surface area (Å²) >= 11 is 0. The zero-order chi connectivity index (χ0) is 9.82. The molecule has 0 aliphatic carbocycles. The van der Waals surface area contributed by atoms with Crippen LogP contribution in [0.25, 0.3) is 0 Å². The third-order valence-corrected chi connectivity index (χ3v) is 1.46. The van der Waals surface area contributed by atoms with E-state index in [2.05, 4.69) is 13.8 Å². The van der Waals surface area contributed by atoms with Gasteiger partial charge in [0.05, 0.1) is 0 Å². The van der Waals surface area contributed by atoms with Crippen LogP contribution in [0.1, 0.15) is 59.3 Å². The number of carbonyl (C=O) groups is 1. The number of rotatable bonds is 5. The van der Waals surface area contributed by atoms with Crippen molar-refractivity contribution in [3.63, 3.8) is 0 Å². The maximum Gasteiger partial charge on any atom is 1.00 e. The Labute approximate surface area is 104 Å². The maximum absolute atomic E-state index is 8.89. The Hall–Kier alpha value is 0.470. The summed E-state index contributed by atoms with van der Waals surface area (Å²) in [6.45, 7) is 5.48. The van der Waals surface area contributed by atoms with E-state index in [-0.39, 0.29) is 29.6 Å². The van der Waals surface area contributed by atoms with Crippen LogP contribution in [0.15, 0.2) is 0 Å². The Morgan fingerprint density at radius 2 is 1.23 bits per heavy atom. The van der Waals surface area contributed by atoms with Crippen LogP contribution >= 0.6 is 0 Å². The number of unbranched alkanes of at least 4 members (excludes halogenated alkanes) is 5. The van der Waals surface area contributed by atoms with Crippen molar-refractivity contribution < 1.29 is 39.5 Å². The van der Waals surface area contributed by atoms with Gasteiger partial charge in [-0.25, -0.2) is 0 Å². The smallest absolute Gasteiger partial charge is 0.550 e. The van der Waals surface area contributed by atoms with Gasteiger partial charge in [-0.1, -0.05) is 52.4 Å². The van der Waals surface area contributed by atoms with Crippen LogP contribution in [0.2, 0.25) is 0 Å². The molecule has 0 aliphatic rings. The molecule has 0 spiro atoms. The Balaban J connectivity index is -0.000000173. The molecule has 3 heteroatoms. The average molecular weight is 196 g/mol. The number of aliphatic carboxylic acids is 1. The van der Waals surface area contributed by atoms with Crippen LogP contribution in [-0.4, -0.2) is 5.97 Å². The van der Waals surface area contributed by atoms with Gasteiger partial charge in [0.1, 0.15) is 0 Å². The van der Waals surface area contributed by atoms with Crippen molar-refractivity contribution in [2.24, 2.45) is 0 Å². The van der Waals surface area contributed by atoms with Gasteiger partial charge in [-0.2, -0.15) is 0 Å². The molecular formula is C10H21NaO2. The summed E-state index contributed by atoms with van der Waals surface area (Å²) in [5, 5.41) is 8.89. The van der Waals surface area contributed by atoms with Crippen molar-refractivity contribution in [2.45, 2.75) is 59.3 Å². The molecule has 0 heterocycles. The zero-order valence-corrected chi connectivity index (χ0v) is 11.6. The van der Waals surface area contributed by atoms with Gasteiger partial charge in [0.2, 0.25) is 0 Å². The number of carboxylic acids is 1. The quantitative estimate of drug-likeness (QED) is 0.423. The van der Waals surface area contributed by atoms with E-state index in [1.54, 1.807) is 0 Å². The number of hydrogen-bond acceptors (Lipinski definition) is 2. The normalized spacial score (nSPS) is 7.92. The Morgan fingerprint density at radius 1 is 1.00 bits per heavy atom. The van der Waals surface area contributed by atoms with Gasteiger partial charge >= 0.3 is 29.6 Å². The second-order valence-corrected chi connectivity index (χ2v) is 2.91. The summed E-state index contributed by atoms with van der Waals surface area (Å²) in [7, 11) is 0. The predicted octanol–water partition coefficient (Wildman–Crippen LogP) is -0.873. The van der Waals surface area contributed by atoms with Crippen LogP contribution < -0.4 is 34.7 Å². The van der Waals surface area contributed by atoms with Gasteiger partial charge in [-0.15, -0.1) is 0 Å². The van der Waals surface area contributed by atoms with E-state index in [1.165, 1.54) is 38.5 Å². The zero-order valence-electron chi connectivity index (χ0n) is 9.56. The third kappa shape index (κ3) is 45.7. The van der Waals surface area contributed by atoms with E-state index in [0.717, 1.165) is 6.92 Å². The molecule has 0 N–H and O–H groups in total. The van der Waals surface area contributed by atoms with Crippen LogP contribution in [0.5, 0.6) is 0 Å². The van der Waals surface area contributed by atoms with Crippen LogP contribution in [0, 0.1) is 0 Å². The van der Waals surface area contributed by atoms with Crippen molar-refractivity contribution >= 4 is 5.97 Å². The minimum Gasteiger partial charge on any atom is -0.550 e. The fourth-order valence-electron chi connectivity index (χ4n) is 0.854. The first-order valence-electron chi connectivity index (χ1n) is 4.82. The molecule has 74 valence electrons. The second-order valence-electron chi connectivity index (χ2n) is 2.91. The standard InChI is InChI=1S/C8H18.C2H4O2.Na/c1-3-5-7-8-6-4-2;1-2(3)4;/h3-8H2,1-2H3;1H3,(H,3,4);/q;;+1/p-1. The topological polar surface area (TPSA) is 40.1 Å². The number of carboxylic acid groups (broad SMARTS) is 1. The molecule has 0 saturated heterocycles. The Kier molecular flexibility index (Phi) is 26.9. The van der Waals surface area contributed by atoms with Crippen LogP contribution in [0.4, 0.5) is 0 Å². The Morgan fingerprint density at radius 3 is 1.38 bits per heavy atom. The van der Waals surface area contributed by atoms with E-state index in [1.807, 2.05) is 0 Å². The molecular weight excluding hydrogens is 175 g/mol. The van der Waals surface area contributed by atoms with Crippen molar-refractivity contribution in [3.8, 4) is 0 Å². The van der Waals surface area contributed by atoms with E-state index in [0.29, 0.717) is 0 Å². The van der Waals surface area contributed by atoms with Gasteiger partial charge < -0.3 is 9.90 Å². The first kappa shape index (κ1) is 19.1. The molecule has 0 rings (SSSR count). The second kappa shape index (κ2) is 18.3. The third-order valence-electron chi connectivity index (χ3n) is 1.46. The minimum atomic E-state index is -1.08. The van der Waals surface area contributed by atoms with E-state index in [4.69, 9.17) is 9.90 Å². The largest absolute Gasteiger partial charge is 1.00 e. The van der Waals surface area contributed by atoms with Gasteiger partial charge in [0.25, 0.3) is 0 Å². The van der Waals surface area contributed by atoms with E-state index in [9.17, 15) is 0 Å². The summed E-state index contributed by atoms with van der Waals surface area (Å²) in [6.07, 6.45) is 8.49. The van der Waals surface area contributed by atoms with Gasteiger partial charge in [0.15, 0.2) is 0 Å². The fourth-order valence-corrected chi connectivity index (χ4v) is 0.854. The first-order chi connectivity index (χ1) is 5.65. The number of carbonyl (C=O) groups excluding carboxylic acids is 1. The van der Waals surface area contributed by atoms with Crippen molar-refractivity contribution in [1.29, 1.82) is 0 Å². The first-order valence-corrected chi connectivity index (χ1v) is 4.82. The Bertz CT molecular complexity index is 84.9. The molecule has 0 aliphatic heterocycles. The molecule has 0 atom stereocenters. The van der Waals surface area contributed by atoms with Crippen molar-refractivity contribution in [1.82, 2.24) is 0 Å². The minimum absolute atomic E-state index is 0. The molecule has 0 aromatic heterocycles. The van der Waals surface area contributed by atoms with Crippen LogP contribution in [-0.2, 0) is 4.79 Å². The molecule has 13 heavy (non-hydrogen) atoms. The molecule has 0 unspecified atom stereocenters. The average Bonchev–Trinajstić information content (AvgIpc) is 1.97. The summed E-state index contributed by atoms with van der Waals surface area (Å²) in [4.78, 5) is 8.89. The molecule has 2 nitrogen and oxygen atoms in total. The van der Waals surface area contributed by atoms with E-state index < -0.39 is 5.97 Å². The SMILES string of the molecule is CC(=O)[O-].CCCCCCCC.[Na+]. The monoisotopic (exact) mass is 196 g/mol. The molecule has 0 aromatic rings. The maximum atomic E-state index is 8.89. The van der Waals surface area contributed by atoms with Gasteiger partial charge in [-0.3, -0.25) is 0 Å². The molecule has 0 aromatic carbocycles. The van der Waals surface area contributed by atoms with Crippen molar-refractivity contribution in [3.05, 3.63) is 0 Å². The van der Waals surface area contributed by atoms with Gasteiger partial charge in [0, 0.05) is 5.97 Å². The summed E-state index contributed by atoms with van der Waals surface area (Å²) in [6, 6.07) is 0. The molecule has 0 bridgehead atoms. The molecule has 0 saturated carbocycles. The van der Waals surface area contributed by atoms with Crippen molar-refractivity contribution in [2.75, 3.05) is 0 Å².